The van der Waals surface area contributed by atoms with E-state index in [-0.39, 0.29) is 16.9 Å². The number of benzene rings is 5. The van der Waals surface area contributed by atoms with Crippen LogP contribution in [0.15, 0.2) is 180 Å². The Morgan fingerprint density at radius 3 is 1.85 bits per heavy atom. The Kier molecular flexibility index (Phi) is 6.66. The monoisotopic (exact) mass is 681 g/mol. The summed E-state index contributed by atoms with van der Waals surface area (Å²) in [6, 6.07) is 44.1. The van der Waals surface area contributed by atoms with E-state index in [0.717, 1.165) is 32.1 Å². The second-order valence-corrected chi connectivity index (χ2v) is 16.2. The Labute approximate surface area is 313 Å². The van der Waals surface area contributed by atoms with Crippen molar-refractivity contribution in [1.29, 1.82) is 0 Å². The van der Waals surface area contributed by atoms with Crippen LogP contribution < -0.4 is 4.90 Å². The van der Waals surface area contributed by atoms with Crippen LogP contribution in [0.2, 0.25) is 0 Å². The first-order valence-electron chi connectivity index (χ1n) is 19.6. The molecule has 6 aliphatic rings. The van der Waals surface area contributed by atoms with E-state index in [0.29, 0.717) is 0 Å². The number of nitrogens with zero attached hydrogens (tertiary/aromatic N) is 1. The van der Waals surface area contributed by atoms with E-state index in [2.05, 4.69) is 177 Å². The number of hydrogen-bond donors (Lipinski definition) is 0. The molecule has 0 radical (unpaired) electrons. The zero-order valence-electron chi connectivity index (χ0n) is 30.6. The van der Waals surface area contributed by atoms with E-state index < -0.39 is 0 Å². The van der Waals surface area contributed by atoms with Crippen LogP contribution in [0.25, 0.3) is 27.8 Å². The molecule has 256 valence electrons. The first kappa shape index (κ1) is 30.9. The van der Waals surface area contributed by atoms with Crippen LogP contribution in [0, 0.1) is 0 Å². The summed E-state index contributed by atoms with van der Waals surface area (Å²) in [7, 11) is 0. The molecule has 1 atom stereocenters. The van der Waals surface area contributed by atoms with Crippen LogP contribution in [0.5, 0.6) is 0 Å². The lowest BCUT2D eigenvalue weighted by atomic mass is 9.70. The number of anilines is 1. The van der Waals surface area contributed by atoms with Crippen molar-refractivity contribution in [2.45, 2.75) is 62.8 Å². The Hall–Kier alpha value is -5.66. The zero-order valence-corrected chi connectivity index (χ0v) is 30.6. The molecule has 0 amide bonds. The second kappa shape index (κ2) is 11.4. The van der Waals surface area contributed by atoms with Crippen molar-refractivity contribution in [3.05, 3.63) is 214 Å². The normalized spacial score (nSPS) is 20.5. The third kappa shape index (κ3) is 4.25. The molecule has 11 rings (SSSR count). The number of allylic oxidation sites excluding steroid dienone is 9. The summed E-state index contributed by atoms with van der Waals surface area (Å²) in [5.74, 6) is 0. The largest absolute Gasteiger partial charge is 0.334 e. The van der Waals surface area contributed by atoms with Crippen molar-refractivity contribution in [2.24, 2.45) is 0 Å². The van der Waals surface area contributed by atoms with E-state index in [1.807, 2.05) is 0 Å². The van der Waals surface area contributed by atoms with Gasteiger partial charge < -0.3 is 4.90 Å². The van der Waals surface area contributed by atoms with Crippen LogP contribution in [-0.2, 0) is 10.8 Å². The summed E-state index contributed by atoms with van der Waals surface area (Å²) in [4.78, 5) is 2.70. The summed E-state index contributed by atoms with van der Waals surface area (Å²) in [5.41, 5.74) is 21.9. The number of hydrogen-bond acceptors (Lipinski definition) is 1. The average molecular weight is 682 g/mol. The maximum Gasteiger partial charge on any atom is 0.0726 e. The van der Waals surface area contributed by atoms with Gasteiger partial charge in [0.1, 0.15) is 0 Å². The molecular weight excluding hydrogens is 639 g/mol. The molecule has 0 aromatic heterocycles. The van der Waals surface area contributed by atoms with E-state index in [1.165, 1.54) is 89.3 Å². The van der Waals surface area contributed by atoms with Crippen molar-refractivity contribution in [3.63, 3.8) is 0 Å². The van der Waals surface area contributed by atoms with Crippen LogP contribution in [0.1, 0.15) is 79.3 Å². The van der Waals surface area contributed by atoms with Gasteiger partial charge in [0, 0.05) is 16.8 Å². The van der Waals surface area contributed by atoms with Gasteiger partial charge in [-0.05, 0) is 128 Å². The molecule has 5 aromatic rings. The minimum Gasteiger partial charge on any atom is -0.334 e. The minimum atomic E-state index is -0.366. The van der Waals surface area contributed by atoms with Crippen LogP contribution in [-0.4, -0.2) is 6.04 Å². The van der Waals surface area contributed by atoms with Gasteiger partial charge in [-0.3, -0.25) is 0 Å². The van der Waals surface area contributed by atoms with Crippen LogP contribution in [0.4, 0.5) is 5.69 Å². The fourth-order valence-corrected chi connectivity index (χ4v) is 10.8. The average Bonchev–Trinajstić information content (AvgIpc) is 3.77. The molecule has 0 bridgehead atoms. The fourth-order valence-electron chi connectivity index (χ4n) is 10.8. The molecule has 1 unspecified atom stereocenters. The molecule has 1 spiro atoms. The highest BCUT2D eigenvalue weighted by molar-refractivity contribution is 5.96. The van der Waals surface area contributed by atoms with Gasteiger partial charge in [0.25, 0.3) is 0 Å². The van der Waals surface area contributed by atoms with Gasteiger partial charge in [0.2, 0.25) is 0 Å². The first-order chi connectivity index (χ1) is 26.0. The molecule has 0 saturated heterocycles. The zero-order chi connectivity index (χ0) is 35.3. The molecule has 53 heavy (non-hydrogen) atoms. The molecule has 0 saturated carbocycles. The standard InChI is InChI=1S/C52H43N/c1-51(2)45-23-10-6-19-39(45)43-29-27-37(32-49(43)51)53(36-18-14-17-35(31-36)34-15-4-3-5-16-34)38-28-30-44-42-22-9-13-26-48(42)52(50(44)33-38)46-24-11-7-20-40(46)41-21-8-12-25-47(41)52/h3-4,6-13,15,18-26,28-33,37H,5,14,16-17,27H2,1-2H3. The van der Waals surface area contributed by atoms with Gasteiger partial charge in [-0.2, -0.15) is 0 Å². The lowest BCUT2D eigenvalue weighted by molar-refractivity contribution is 0.641. The van der Waals surface area contributed by atoms with Gasteiger partial charge in [-0.25, -0.2) is 0 Å². The maximum atomic E-state index is 2.70. The number of fused-ring (bicyclic) bond motifs is 13. The molecule has 0 aliphatic heterocycles. The molecule has 0 heterocycles. The van der Waals surface area contributed by atoms with Crippen LogP contribution in [0.3, 0.4) is 0 Å². The van der Waals surface area contributed by atoms with Crippen molar-refractivity contribution in [3.8, 4) is 22.3 Å². The highest BCUT2D eigenvalue weighted by atomic mass is 15.2. The van der Waals surface area contributed by atoms with Crippen LogP contribution >= 0.6 is 0 Å². The molecule has 1 nitrogen and oxygen atoms in total. The summed E-state index contributed by atoms with van der Waals surface area (Å²) in [6.45, 7) is 4.83. The first-order valence-corrected chi connectivity index (χ1v) is 19.6. The van der Waals surface area contributed by atoms with Crippen molar-refractivity contribution >= 4 is 11.3 Å². The molecule has 5 aromatic carbocycles. The maximum absolute atomic E-state index is 2.70. The Morgan fingerprint density at radius 2 is 1.19 bits per heavy atom. The van der Waals surface area contributed by atoms with Gasteiger partial charge >= 0.3 is 0 Å². The third-order valence-corrected chi connectivity index (χ3v) is 13.2. The SMILES string of the molecule is CC1(C)C2=CC(N(C3=CCCC(C4=CC=CCC4)=C3)c3ccc4c(c3)C3(c5ccccc5-c5ccccc53)c3ccccc3-4)CC=C2c2ccccc21. The van der Waals surface area contributed by atoms with Crippen molar-refractivity contribution in [1.82, 2.24) is 0 Å². The summed E-state index contributed by atoms with van der Waals surface area (Å²) in [6.07, 6.45) is 22.5. The van der Waals surface area contributed by atoms with E-state index in [9.17, 15) is 0 Å². The molecular formula is C52H43N. The van der Waals surface area contributed by atoms with Crippen molar-refractivity contribution < 1.29 is 0 Å². The summed E-state index contributed by atoms with van der Waals surface area (Å²) < 4.78 is 0. The Morgan fingerprint density at radius 1 is 0.585 bits per heavy atom. The molecule has 0 fully saturated rings. The Bertz CT molecular complexity index is 2510. The second-order valence-electron chi connectivity index (χ2n) is 16.2. The smallest absolute Gasteiger partial charge is 0.0726 e. The minimum absolute atomic E-state index is 0.0468. The summed E-state index contributed by atoms with van der Waals surface area (Å²) in [5, 5.41) is 0. The highest BCUT2D eigenvalue weighted by Crippen LogP contribution is 2.63. The lowest BCUT2D eigenvalue weighted by Crippen LogP contribution is -2.36. The fraction of sp³-hybridized carbons (Fsp3) is 0.192. The predicted octanol–water partition coefficient (Wildman–Crippen LogP) is 12.8. The quantitative estimate of drug-likeness (QED) is 0.179. The number of rotatable bonds is 4. The molecule has 0 N–H and O–H groups in total. The topological polar surface area (TPSA) is 3.24 Å². The Balaban J connectivity index is 1.13. The summed E-state index contributed by atoms with van der Waals surface area (Å²) >= 11 is 0. The van der Waals surface area contributed by atoms with E-state index >= 15 is 0 Å². The van der Waals surface area contributed by atoms with Gasteiger partial charge in [-0.1, -0.05) is 153 Å². The van der Waals surface area contributed by atoms with E-state index in [1.54, 1.807) is 0 Å². The highest BCUT2D eigenvalue weighted by Gasteiger charge is 2.52. The van der Waals surface area contributed by atoms with E-state index in [4.69, 9.17) is 0 Å². The third-order valence-electron chi connectivity index (χ3n) is 13.2. The lowest BCUT2D eigenvalue weighted by Gasteiger charge is -2.38. The molecule has 6 aliphatic carbocycles. The predicted molar refractivity (Wildman–Crippen MR) is 221 cm³/mol. The van der Waals surface area contributed by atoms with Gasteiger partial charge in [0.15, 0.2) is 0 Å². The molecule has 1 heteroatoms. The van der Waals surface area contributed by atoms with Gasteiger partial charge in [-0.15, -0.1) is 0 Å². The van der Waals surface area contributed by atoms with Gasteiger partial charge in [0.05, 0.1) is 11.5 Å². The van der Waals surface area contributed by atoms with Crippen molar-refractivity contribution in [2.75, 3.05) is 4.90 Å².